The van der Waals surface area contributed by atoms with Crippen LogP contribution in [0.3, 0.4) is 0 Å². The number of ether oxygens (including phenoxy) is 2. The molecule has 5 heteroatoms. The molecule has 2 rings (SSSR count). The number of hydrogen-bond donors (Lipinski definition) is 2. The first-order valence-electron chi connectivity index (χ1n) is 6.92. The number of benzene rings is 1. The fourth-order valence-corrected chi connectivity index (χ4v) is 2.29. The molecule has 0 saturated heterocycles. The fraction of sp³-hybridized carbons (Fsp3) is 0.533. The second kappa shape index (κ2) is 6.72. The minimum absolute atomic E-state index is 0.00317. The van der Waals surface area contributed by atoms with Gasteiger partial charge in [-0.15, -0.1) is 0 Å². The minimum Gasteiger partial charge on any atom is -0.483 e. The third-order valence-corrected chi connectivity index (χ3v) is 3.86. The number of hydrogen-bond acceptors (Lipinski definition) is 4. The van der Waals surface area contributed by atoms with Crippen molar-refractivity contribution in [2.45, 2.75) is 31.4 Å². The van der Waals surface area contributed by atoms with Gasteiger partial charge in [-0.2, -0.15) is 0 Å². The molecular formula is C15H22N2O3. The van der Waals surface area contributed by atoms with Gasteiger partial charge in [0.25, 0.3) is 5.91 Å². The predicted molar refractivity (Wildman–Crippen MR) is 76.4 cm³/mol. The molecule has 0 spiro atoms. The molecule has 1 aliphatic rings. The van der Waals surface area contributed by atoms with Crippen molar-refractivity contribution in [3.63, 3.8) is 0 Å². The molecule has 3 N–H and O–H groups in total. The van der Waals surface area contributed by atoms with Gasteiger partial charge in [0.2, 0.25) is 0 Å². The Morgan fingerprint density at radius 1 is 1.40 bits per heavy atom. The standard InChI is InChI=1S/C15H22N2O3/c1-19-15(7-4-8-15)11-17-14(18)10-20-13-6-3-2-5-12(13)9-16/h2-3,5-6H,4,7-11,16H2,1H3,(H,17,18). The summed E-state index contributed by atoms with van der Waals surface area (Å²) in [6.45, 7) is 0.936. The summed E-state index contributed by atoms with van der Waals surface area (Å²) in [4.78, 5) is 11.8. The zero-order valence-electron chi connectivity index (χ0n) is 11.9. The van der Waals surface area contributed by atoms with Crippen molar-refractivity contribution < 1.29 is 14.3 Å². The highest BCUT2D eigenvalue weighted by Gasteiger charge is 2.37. The van der Waals surface area contributed by atoms with Crippen molar-refractivity contribution in [2.75, 3.05) is 20.3 Å². The molecule has 1 amide bonds. The molecule has 0 radical (unpaired) electrons. The van der Waals surface area contributed by atoms with Crippen molar-refractivity contribution in [3.05, 3.63) is 29.8 Å². The lowest BCUT2D eigenvalue weighted by Gasteiger charge is -2.40. The lowest BCUT2D eigenvalue weighted by molar-refractivity contribution is -0.126. The van der Waals surface area contributed by atoms with E-state index in [1.54, 1.807) is 7.11 Å². The summed E-state index contributed by atoms with van der Waals surface area (Å²) in [7, 11) is 1.69. The van der Waals surface area contributed by atoms with E-state index in [2.05, 4.69) is 5.32 Å². The van der Waals surface area contributed by atoms with E-state index in [-0.39, 0.29) is 18.1 Å². The maximum absolute atomic E-state index is 11.8. The Bertz CT molecular complexity index is 453. The fourth-order valence-electron chi connectivity index (χ4n) is 2.29. The van der Waals surface area contributed by atoms with Crippen molar-refractivity contribution in [3.8, 4) is 5.75 Å². The van der Waals surface area contributed by atoms with E-state index in [0.29, 0.717) is 18.8 Å². The average molecular weight is 278 g/mol. The molecule has 110 valence electrons. The lowest BCUT2D eigenvalue weighted by atomic mass is 9.80. The van der Waals surface area contributed by atoms with Gasteiger partial charge < -0.3 is 20.5 Å². The van der Waals surface area contributed by atoms with Crippen molar-refractivity contribution in [1.82, 2.24) is 5.32 Å². The first kappa shape index (κ1) is 14.8. The quantitative estimate of drug-likeness (QED) is 0.786. The Kier molecular flexibility index (Phi) is 4.98. The summed E-state index contributed by atoms with van der Waals surface area (Å²) >= 11 is 0. The molecule has 0 atom stereocenters. The van der Waals surface area contributed by atoms with Gasteiger partial charge in [0.05, 0.1) is 5.60 Å². The van der Waals surface area contributed by atoms with E-state index >= 15 is 0 Å². The molecule has 0 unspecified atom stereocenters. The van der Waals surface area contributed by atoms with E-state index in [9.17, 15) is 4.79 Å². The lowest BCUT2D eigenvalue weighted by Crippen LogP contribution is -2.50. The van der Waals surface area contributed by atoms with Gasteiger partial charge in [0.15, 0.2) is 6.61 Å². The minimum atomic E-state index is -0.162. The van der Waals surface area contributed by atoms with Crippen LogP contribution in [0.2, 0.25) is 0 Å². The molecule has 20 heavy (non-hydrogen) atoms. The highest BCUT2D eigenvalue weighted by Crippen LogP contribution is 2.34. The van der Waals surface area contributed by atoms with Gasteiger partial charge in [0.1, 0.15) is 5.75 Å². The molecule has 0 bridgehead atoms. The SMILES string of the molecule is COC1(CNC(=O)COc2ccccc2CN)CCC1. The van der Waals surface area contributed by atoms with Crippen LogP contribution in [0.15, 0.2) is 24.3 Å². The Morgan fingerprint density at radius 2 is 2.15 bits per heavy atom. The number of para-hydroxylation sites is 1. The third kappa shape index (κ3) is 3.49. The van der Waals surface area contributed by atoms with Crippen molar-refractivity contribution in [1.29, 1.82) is 0 Å². The highest BCUT2D eigenvalue weighted by atomic mass is 16.5. The molecule has 1 saturated carbocycles. The number of amides is 1. The van der Waals surface area contributed by atoms with Crippen LogP contribution in [0.1, 0.15) is 24.8 Å². The summed E-state index contributed by atoms with van der Waals surface area (Å²) in [5, 5.41) is 2.86. The predicted octanol–water partition coefficient (Wildman–Crippen LogP) is 1.21. The molecule has 0 aliphatic heterocycles. The molecule has 0 aromatic heterocycles. The maximum Gasteiger partial charge on any atom is 0.258 e. The van der Waals surface area contributed by atoms with Crippen LogP contribution >= 0.6 is 0 Å². The van der Waals surface area contributed by atoms with Gasteiger partial charge in [-0.25, -0.2) is 0 Å². The number of methoxy groups -OCH3 is 1. The summed E-state index contributed by atoms with van der Waals surface area (Å²) in [6, 6.07) is 7.47. The monoisotopic (exact) mass is 278 g/mol. The summed E-state index contributed by atoms with van der Waals surface area (Å²) in [5.74, 6) is 0.524. The number of carbonyl (C=O) groups excluding carboxylic acids is 1. The van der Waals surface area contributed by atoms with E-state index in [1.165, 1.54) is 0 Å². The Balaban J connectivity index is 1.77. The zero-order valence-corrected chi connectivity index (χ0v) is 11.9. The first-order chi connectivity index (χ1) is 9.69. The molecule has 0 heterocycles. The van der Waals surface area contributed by atoms with Crippen LogP contribution < -0.4 is 15.8 Å². The van der Waals surface area contributed by atoms with E-state index < -0.39 is 0 Å². The Labute approximate surface area is 119 Å². The van der Waals surface area contributed by atoms with Crippen molar-refractivity contribution in [2.24, 2.45) is 5.73 Å². The van der Waals surface area contributed by atoms with Gasteiger partial charge in [0, 0.05) is 25.8 Å². The Hall–Kier alpha value is -1.59. The summed E-state index contributed by atoms with van der Waals surface area (Å²) < 4.78 is 11.0. The van der Waals surface area contributed by atoms with E-state index in [0.717, 1.165) is 24.8 Å². The number of carbonyl (C=O) groups is 1. The summed E-state index contributed by atoms with van der Waals surface area (Å²) in [5.41, 5.74) is 6.35. The maximum atomic E-state index is 11.8. The van der Waals surface area contributed by atoms with E-state index in [4.69, 9.17) is 15.2 Å². The number of nitrogens with one attached hydrogen (secondary N) is 1. The molecule has 1 aromatic carbocycles. The zero-order chi connectivity index (χ0) is 14.4. The van der Waals surface area contributed by atoms with Crippen LogP contribution in [0, 0.1) is 0 Å². The van der Waals surface area contributed by atoms with Gasteiger partial charge >= 0.3 is 0 Å². The van der Waals surface area contributed by atoms with Gasteiger partial charge in [-0.05, 0) is 25.3 Å². The van der Waals surface area contributed by atoms with Crippen molar-refractivity contribution >= 4 is 5.91 Å². The van der Waals surface area contributed by atoms with Gasteiger partial charge in [-0.3, -0.25) is 4.79 Å². The highest BCUT2D eigenvalue weighted by molar-refractivity contribution is 5.77. The largest absolute Gasteiger partial charge is 0.483 e. The topological polar surface area (TPSA) is 73.6 Å². The van der Waals surface area contributed by atoms with Crippen LogP contribution in [-0.2, 0) is 16.1 Å². The Morgan fingerprint density at radius 3 is 2.75 bits per heavy atom. The third-order valence-electron chi connectivity index (χ3n) is 3.86. The smallest absolute Gasteiger partial charge is 0.258 e. The normalized spacial score (nSPS) is 16.3. The second-order valence-electron chi connectivity index (χ2n) is 5.12. The molecular weight excluding hydrogens is 256 g/mol. The molecule has 1 fully saturated rings. The van der Waals surface area contributed by atoms with Crippen LogP contribution in [-0.4, -0.2) is 31.8 Å². The van der Waals surface area contributed by atoms with Gasteiger partial charge in [-0.1, -0.05) is 18.2 Å². The number of nitrogens with two attached hydrogens (primary N) is 1. The molecule has 5 nitrogen and oxygen atoms in total. The van der Waals surface area contributed by atoms with Crippen LogP contribution in [0.4, 0.5) is 0 Å². The van der Waals surface area contributed by atoms with E-state index in [1.807, 2.05) is 24.3 Å². The molecule has 1 aliphatic carbocycles. The van der Waals surface area contributed by atoms with Crippen LogP contribution in [0.5, 0.6) is 5.75 Å². The molecule has 1 aromatic rings. The average Bonchev–Trinajstić information content (AvgIpc) is 2.44. The summed E-state index contributed by atoms with van der Waals surface area (Å²) in [6.07, 6.45) is 3.16. The van der Waals surface area contributed by atoms with Crippen LogP contribution in [0.25, 0.3) is 0 Å². The number of rotatable bonds is 7. The first-order valence-corrected chi connectivity index (χ1v) is 6.92. The second-order valence-corrected chi connectivity index (χ2v) is 5.12.